The Hall–Kier alpha value is -3.22. The van der Waals surface area contributed by atoms with Crippen LogP contribution in [0.1, 0.15) is 37.8 Å². The van der Waals surface area contributed by atoms with Gasteiger partial charge in [0.2, 0.25) is 0 Å². The number of rotatable bonds is 9. The number of amides is 1. The Morgan fingerprint density at radius 3 is 2.33 bits per heavy atom. The Kier molecular flexibility index (Phi) is 8.09. The molecule has 1 amide bonds. The number of ether oxygens (including phenoxy) is 4. The fourth-order valence-corrected chi connectivity index (χ4v) is 2.81. The van der Waals surface area contributed by atoms with E-state index in [1.165, 1.54) is 21.1 Å². The van der Waals surface area contributed by atoms with E-state index in [1.807, 2.05) is 25.1 Å². The molecule has 0 bridgehead atoms. The monoisotopic (exact) mass is 415 g/mol. The number of methoxy groups -OCH3 is 2. The maximum atomic E-state index is 12.5. The standard InChI is InChI=1S/C23H29NO6/c1-14(2)18-9-7-15(3)11-21(18)29-13-22(25)30-16(4)23(26)24-19-12-17(27-5)8-10-20(19)28-6/h7-12,14,16H,13H2,1-6H3,(H,24,26). The second-order valence-electron chi connectivity index (χ2n) is 7.17. The Balaban J connectivity index is 1.96. The lowest BCUT2D eigenvalue weighted by Crippen LogP contribution is -2.31. The van der Waals surface area contributed by atoms with Crippen LogP contribution in [0, 0.1) is 6.92 Å². The predicted molar refractivity (Wildman–Crippen MR) is 114 cm³/mol. The van der Waals surface area contributed by atoms with Gasteiger partial charge in [-0.2, -0.15) is 0 Å². The van der Waals surface area contributed by atoms with E-state index in [4.69, 9.17) is 18.9 Å². The highest BCUT2D eigenvalue weighted by Gasteiger charge is 2.20. The van der Waals surface area contributed by atoms with Crippen molar-refractivity contribution in [1.82, 2.24) is 0 Å². The first-order chi connectivity index (χ1) is 14.2. The van der Waals surface area contributed by atoms with Crippen molar-refractivity contribution in [3.8, 4) is 17.2 Å². The zero-order valence-corrected chi connectivity index (χ0v) is 18.3. The van der Waals surface area contributed by atoms with Crippen molar-refractivity contribution in [2.75, 3.05) is 26.1 Å². The van der Waals surface area contributed by atoms with Crippen molar-refractivity contribution in [3.63, 3.8) is 0 Å². The quantitative estimate of drug-likeness (QED) is 0.621. The van der Waals surface area contributed by atoms with E-state index in [2.05, 4.69) is 19.2 Å². The van der Waals surface area contributed by atoms with Crippen molar-refractivity contribution >= 4 is 17.6 Å². The zero-order chi connectivity index (χ0) is 22.3. The number of anilines is 1. The van der Waals surface area contributed by atoms with Gasteiger partial charge in [-0.3, -0.25) is 4.79 Å². The van der Waals surface area contributed by atoms with E-state index in [1.54, 1.807) is 18.2 Å². The minimum absolute atomic E-state index is 0.249. The van der Waals surface area contributed by atoms with Crippen LogP contribution in [0.3, 0.4) is 0 Å². The molecule has 0 heterocycles. The van der Waals surface area contributed by atoms with Crippen molar-refractivity contribution in [2.24, 2.45) is 0 Å². The summed E-state index contributed by atoms with van der Waals surface area (Å²) in [6.45, 7) is 7.26. The molecule has 0 spiro atoms. The summed E-state index contributed by atoms with van der Waals surface area (Å²) in [5, 5.41) is 2.68. The summed E-state index contributed by atoms with van der Waals surface area (Å²) in [6.07, 6.45) is -1.01. The molecular formula is C23H29NO6. The van der Waals surface area contributed by atoms with Gasteiger partial charge in [0, 0.05) is 6.07 Å². The lowest BCUT2D eigenvalue weighted by atomic mass is 10.0. The highest BCUT2D eigenvalue weighted by atomic mass is 16.6. The van der Waals surface area contributed by atoms with Crippen LogP contribution in [0.4, 0.5) is 5.69 Å². The Morgan fingerprint density at radius 2 is 1.70 bits per heavy atom. The van der Waals surface area contributed by atoms with Crippen molar-refractivity contribution in [1.29, 1.82) is 0 Å². The minimum Gasteiger partial charge on any atom is -0.497 e. The lowest BCUT2D eigenvalue weighted by Gasteiger charge is -2.17. The third kappa shape index (κ3) is 6.14. The fourth-order valence-electron chi connectivity index (χ4n) is 2.81. The number of nitrogens with one attached hydrogen (secondary N) is 1. The molecule has 0 radical (unpaired) electrons. The van der Waals surface area contributed by atoms with E-state index < -0.39 is 18.0 Å². The summed E-state index contributed by atoms with van der Waals surface area (Å²) >= 11 is 0. The average molecular weight is 415 g/mol. The molecule has 2 rings (SSSR count). The third-order valence-corrected chi connectivity index (χ3v) is 4.48. The second kappa shape index (κ2) is 10.5. The molecule has 30 heavy (non-hydrogen) atoms. The van der Waals surface area contributed by atoms with Crippen LogP contribution in [0.25, 0.3) is 0 Å². The van der Waals surface area contributed by atoms with Gasteiger partial charge in [0.05, 0.1) is 19.9 Å². The predicted octanol–water partition coefficient (Wildman–Crippen LogP) is 4.08. The summed E-state index contributed by atoms with van der Waals surface area (Å²) < 4.78 is 21.3. The highest BCUT2D eigenvalue weighted by molar-refractivity contribution is 5.96. The summed E-state index contributed by atoms with van der Waals surface area (Å²) in [4.78, 5) is 24.7. The highest BCUT2D eigenvalue weighted by Crippen LogP contribution is 2.29. The van der Waals surface area contributed by atoms with Crippen molar-refractivity contribution < 1.29 is 28.5 Å². The molecule has 2 aromatic carbocycles. The van der Waals surface area contributed by atoms with E-state index in [-0.39, 0.29) is 12.5 Å². The molecule has 0 fully saturated rings. The Labute approximate surface area is 177 Å². The van der Waals surface area contributed by atoms with E-state index in [0.29, 0.717) is 22.9 Å². The smallest absolute Gasteiger partial charge is 0.344 e. The van der Waals surface area contributed by atoms with E-state index in [0.717, 1.165) is 11.1 Å². The molecule has 2 aromatic rings. The van der Waals surface area contributed by atoms with Gasteiger partial charge in [0.15, 0.2) is 12.7 Å². The van der Waals surface area contributed by atoms with Crippen LogP contribution in [-0.4, -0.2) is 38.8 Å². The number of carbonyl (C=O) groups excluding carboxylic acids is 2. The molecular weight excluding hydrogens is 386 g/mol. The zero-order valence-electron chi connectivity index (χ0n) is 18.3. The maximum absolute atomic E-state index is 12.5. The van der Waals surface area contributed by atoms with Gasteiger partial charge in [-0.1, -0.05) is 26.0 Å². The number of hydrogen-bond donors (Lipinski definition) is 1. The minimum atomic E-state index is -1.01. The van der Waals surface area contributed by atoms with Gasteiger partial charge in [-0.05, 0) is 49.1 Å². The third-order valence-electron chi connectivity index (χ3n) is 4.48. The number of benzene rings is 2. The molecule has 1 unspecified atom stereocenters. The number of esters is 1. The molecule has 1 atom stereocenters. The van der Waals surface area contributed by atoms with Crippen LogP contribution < -0.4 is 19.5 Å². The maximum Gasteiger partial charge on any atom is 0.344 e. The Bertz CT molecular complexity index is 893. The van der Waals surface area contributed by atoms with Gasteiger partial charge in [-0.25, -0.2) is 4.79 Å². The van der Waals surface area contributed by atoms with Crippen LogP contribution in [0.2, 0.25) is 0 Å². The molecule has 7 nitrogen and oxygen atoms in total. The van der Waals surface area contributed by atoms with E-state index in [9.17, 15) is 9.59 Å². The normalized spacial score (nSPS) is 11.6. The molecule has 0 aromatic heterocycles. The molecule has 0 saturated heterocycles. The summed E-state index contributed by atoms with van der Waals surface area (Å²) in [6, 6.07) is 10.9. The second-order valence-corrected chi connectivity index (χ2v) is 7.17. The molecule has 0 aliphatic heterocycles. The van der Waals surface area contributed by atoms with Crippen LogP contribution in [0.15, 0.2) is 36.4 Å². The summed E-state index contributed by atoms with van der Waals surface area (Å²) in [7, 11) is 3.02. The van der Waals surface area contributed by atoms with Crippen molar-refractivity contribution in [3.05, 3.63) is 47.5 Å². The van der Waals surface area contributed by atoms with Crippen molar-refractivity contribution in [2.45, 2.75) is 39.7 Å². The molecule has 0 saturated carbocycles. The molecule has 1 N–H and O–H groups in total. The number of hydrogen-bond acceptors (Lipinski definition) is 6. The first-order valence-electron chi connectivity index (χ1n) is 9.70. The van der Waals surface area contributed by atoms with Gasteiger partial charge >= 0.3 is 5.97 Å². The molecule has 0 aliphatic carbocycles. The summed E-state index contributed by atoms with van der Waals surface area (Å²) in [5.74, 6) is 0.786. The average Bonchev–Trinajstić information content (AvgIpc) is 2.71. The van der Waals surface area contributed by atoms with Gasteiger partial charge in [0.1, 0.15) is 17.2 Å². The SMILES string of the molecule is COc1ccc(OC)c(NC(=O)C(C)OC(=O)COc2cc(C)ccc2C(C)C)c1. The number of aryl methyl sites for hydroxylation is 1. The summed E-state index contributed by atoms with van der Waals surface area (Å²) in [5.41, 5.74) is 2.45. The topological polar surface area (TPSA) is 83.1 Å². The van der Waals surface area contributed by atoms with Crippen LogP contribution in [-0.2, 0) is 14.3 Å². The van der Waals surface area contributed by atoms with E-state index >= 15 is 0 Å². The Morgan fingerprint density at radius 1 is 0.967 bits per heavy atom. The van der Waals surface area contributed by atoms with Gasteiger partial charge < -0.3 is 24.3 Å². The largest absolute Gasteiger partial charge is 0.497 e. The molecule has 0 aliphatic rings. The fraction of sp³-hybridized carbons (Fsp3) is 0.391. The van der Waals surface area contributed by atoms with Crippen LogP contribution >= 0.6 is 0 Å². The van der Waals surface area contributed by atoms with Crippen LogP contribution in [0.5, 0.6) is 17.2 Å². The molecule has 7 heteroatoms. The van der Waals surface area contributed by atoms with Gasteiger partial charge in [-0.15, -0.1) is 0 Å². The first kappa shape index (κ1) is 23.1. The number of carbonyl (C=O) groups is 2. The van der Waals surface area contributed by atoms with Gasteiger partial charge in [0.25, 0.3) is 5.91 Å². The molecule has 162 valence electrons. The lowest BCUT2D eigenvalue weighted by molar-refractivity contribution is -0.155. The first-order valence-corrected chi connectivity index (χ1v) is 9.70.